The van der Waals surface area contributed by atoms with Crippen LogP contribution in [0.2, 0.25) is 0 Å². The number of fused-ring (bicyclic) bond motifs is 1. The number of hydrogen-bond acceptors (Lipinski definition) is 4. The van der Waals surface area contributed by atoms with Crippen molar-refractivity contribution < 1.29 is 0 Å². The zero-order chi connectivity index (χ0) is 12.2. The van der Waals surface area contributed by atoms with Crippen LogP contribution in [0.25, 0.3) is 5.65 Å². The predicted molar refractivity (Wildman–Crippen MR) is 69.4 cm³/mol. The predicted octanol–water partition coefficient (Wildman–Crippen LogP) is 1.78. The maximum Gasteiger partial charge on any atom is 0.203 e. The molecule has 0 aliphatic heterocycles. The number of hydrogen-bond donors (Lipinski definition) is 1. The highest BCUT2D eigenvalue weighted by Gasteiger charge is 2.03. The second-order valence-electron chi connectivity index (χ2n) is 4.00. The molecule has 0 radical (unpaired) electrons. The number of anilines is 1. The Morgan fingerprint density at radius 3 is 2.94 bits per heavy atom. The Kier molecular flexibility index (Phi) is 2.87. The van der Waals surface area contributed by atoms with Crippen LogP contribution < -0.4 is 5.32 Å². The van der Waals surface area contributed by atoms with Crippen LogP contribution in [0.15, 0.2) is 49.1 Å². The number of nitrogens with zero attached hydrogens (tertiary/aromatic N) is 4. The van der Waals surface area contributed by atoms with Gasteiger partial charge in [-0.15, -0.1) is 10.2 Å². The van der Waals surface area contributed by atoms with Gasteiger partial charge in [0.15, 0.2) is 5.82 Å². The largest absolute Gasteiger partial charge is 0.367 e. The van der Waals surface area contributed by atoms with E-state index in [0.29, 0.717) is 0 Å². The van der Waals surface area contributed by atoms with E-state index in [0.717, 1.165) is 24.4 Å². The van der Waals surface area contributed by atoms with Gasteiger partial charge in [0, 0.05) is 18.9 Å². The fraction of sp³-hybridized carbons (Fsp3) is 0.154. The van der Waals surface area contributed by atoms with Crippen LogP contribution in [0.1, 0.15) is 5.56 Å². The summed E-state index contributed by atoms with van der Waals surface area (Å²) in [5.74, 6) is 0.769. The van der Waals surface area contributed by atoms with Crippen molar-refractivity contribution >= 4 is 11.5 Å². The monoisotopic (exact) mass is 239 g/mol. The Morgan fingerprint density at radius 1 is 1.17 bits per heavy atom. The average molecular weight is 239 g/mol. The van der Waals surface area contributed by atoms with Gasteiger partial charge in [-0.2, -0.15) is 0 Å². The molecule has 0 aliphatic carbocycles. The molecule has 2 heterocycles. The van der Waals surface area contributed by atoms with Crippen molar-refractivity contribution in [1.29, 1.82) is 0 Å². The van der Waals surface area contributed by atoms with E-state index in [1.807, 2.05) is 28.8 Å². The summed E-state index contributed by atoms with van der Waals surface area (Å²) in [5.41, 5.74) is 2.06. The van der Waals surface area contributed by atoms with Gasteiger partial charge in [-0.1, -0.05) is 30.3 Å². The molecule has 0 bridgehead atoms. The second-order valence-corrected chi connectivity index (χ2v) is 4.00. The summed E-state index contributed by atoms with van der Waals surface area (Å²) in [5, 5.41) is 11.2. The quantitative estimate of drug-likeness (QED) is 0.754. The van der Waals surface area contributed by atoms with E-state index >= 15 is 0 Å². The Bertz CT molecular complexity index is 632. The molecule has 1 aromatic carbocycles. The Hall–Kier alpha value is -2.43. The van der Waals surface area contributed by atoms with E-state index in [2.05, 4.69) is 32.6 Å². The SMILES string of the molecule is c1ccc(CCNc2nccn3cnnc23)cc1. The molecule has 0 fully saturated rings. The van der Waals surface area contributed by atoms with Gasteiger partial charge in [0.25, 0.3) is 0 Å². The number of rotatable bonds is 4. The summed E-state index contributed by atoms with van der Waals surface area (Å²) in [4.78, 5) is 4.28. The van der Waals surface area contributed by atoms with Crippen LogP contribution in [0, 0.1) is 0 Å². The lowest BCUT2D eigenvalue weighted by molar-refractivity contribution is 0.998. The van der Waals surface area contributed by atoms with Gasteiger partial charge in [-0.05, 0) is 12.0 Å². The molecule has 3 aromatic rings. The highest BCUT2D eigenvalue weighted by molar-refractivity contribution is 5.61. The van der Waals surface area contributed by atoms with Gasteiger partial charge in [-0.25, -0.2) is 4.98 Å². The fourth-order valence-electron chi connectivity index (χ4n) is 1.85. The van der Waals surface area contributed by atoms with Crippen LogP contribution >= 0.6 is 0 Å². The van der Waals surface area contributed by atoms with E-state index < -0.39 is 0 Å². The first-order valence-corrected chi connectivity index (χ1v) is 5.85. The molecular weight excluding hydrogens is 226 g/mol. The topological polar surface area (TPSA) is 55.1 Å². The van der Waals surface area contributed by atoms with Gasteiger partial charge in [0.1, 0.15) is 6.33 Å². The minimum Gasteiger partial charge on any atom is -0.367 e. The van der Waals surface area contributed by atoms with E-state index in [1.165, 1.54) is 5.56 Å². The van der Waals surface area contributed by atoms with Gasteiger partial charge in [0.2, 0.25) is 5.65 Å². The van der Waals surface area contributed by atoms with Gasteiger partial charge in [-0.3, -0.25) is 4.40 Å². The molecule has 5 nitrogen and oxygen atoms in total. The van der Waals surface area contributed by atoms with Gasteiger partial charge < -0.3 is 5.32 Å². The normalized spacial score (nSPS) is 10.7. The first-order valence-electron chi connectivity index (χ1n) is 5.85. The summed E-state index contributed by atoms with van der Waals surface area (Å²) >= 11 is 0. The Balaban J connectivity index is 1.68. The molecule has 1 N–H and O–H groups in total. The zero-order valence-electron chi connectivity index (χ0n) is 9.82. The van der Waals surface area contributed by atoms with Crippen LogP contribution in [0.5, 0.6) is 0 Å². The molecule has 3 rings (SSSR count). The molecule has 0 amide bonds. The number of benzene rings is 1. The Morgan fingerprint density at radius 2 is 2.06 bits per heavy atom. The summed E-state index contributed by atoms with van der Waals surface area (Å²) in [6.07, 6.45) is 6.19. The lowest BCUT2D eigenvalue weighted by Crippen LogP contribution is -2.07. The van der Waals surface area contributed by atoms with Crippen molar-refractivity contribution in [2.75, 3.05) is 11.9 Å². The van der Waals surface area contributed by atoms with E-state index in [9.17, 15) is 0 Å². The molecule has 0 saturated carbocycles. The van der Waals surface area contributed by atoms with Crippen molar-refractivity contribution in [1.82, 2.24) is 19.6 Å². The first kappa shape index (κ1) is 10.7. The van der Waals surface area contributed by atoms with Crippen molar-refractivity contribution in [3.63, 3.8) is 0 Å². The standard InChI is InChI=1S/C13H13N5/c1-2-4-11(5-3-1)6-7-14-12-13-17-16-10-18(13)9-8-15-12/h1-5,8-10H,6-7H2,(H,14,15). The summed E-state index contributed by atoms with van der Waals surface area (Å²) in [7, 11) is 0. The summed E-state index contributed by atoms with van der Waals surface area (Å²) < 4.78 is 1.85. The van der Waals surface area contributed by atoms with Crippen molar-refractivity contribution in [3.8, 4) is 0 Å². The van der Waals surface area contributed by atoms with Gasteiger partial charge in [0.05, 0.1) is 0 Å². The number of aromatic nitrogens is 4. The van der Waals surface area contributed by atoms with Crippen molar-refractivity contribution in [3.05, 3.63) is 54.6 Å². The zero-order valence-corrected chi connectivity index (χ0v) is 9.82. The molecule has 5 heteroatoms. The highest BCUT2D eigenvalue weighted by Crippen LogP contribution is 2.09. The smallest absolute Gasteiger partial charge is 0.203 e. The summed E-state index contributed by atoms with van der Waals surface area (Å²) in [6.45, 7) is 0.823. The minimum absolute atomic E-state index is 0.755. The van der Waals surface area contributed by atoms with Crippen molar-refractivity contribution in [2.45, 2.75) is 6.42 Å². The van der Waals surface area contributed by atoms with E-state index in [4.69, 9.17) is 0 Å². The molecule has 18 heavy (non-hydrogen) atoms. The van der Waals surface area contributed by atoms with Crippen molar-refractivity contribution in [2.24, 2.45) is 0 Å². The molecule has 0 atom stereocenters. The third-order valence-electron chi connectivity index (χ3n) is 2.76. The molecule has 90 valence electrons. The lowest BCUT2D eigenvalue weighted by atomic mass is 10.1. The molecular formula is C13H13N5. The molecule has 0 unspecified atom stereocenters. The highest BCUT2D eigenvalue weighted by atomic mass is 15.2. The third kappa shape index (κ3) is 2.15. The van der Waals surface area contributed by atoms with E-state index in [-0.39, 0.29) is 0 Å². The molecule has 0 saturated heterocycles. The van der Waals surface area contributed by atoms with Crippen LogP contribution in [-0.2, 0) is 6.42 Å². The van der Waals surface area contributed by atoms with Crippen LogP contribution in [0.3, 0.4) is 0 Å². The van der Waals surface area contributed by atoms with E-state index in [1.54, 1.807) is 12.5 Å². The Labute approximate surface area is 105 Å². The fourth-order valence-corrected chi connectivity index (χ4v) is 1.85. The maximum absolute atomic E-state index is 4.28. The maximum atomic E-state index is 4.28. The second kappa shape index (κ2) is 4.83. The minimum atomic E-state index is 0.755. The number of nitrogens with one attached hydrogen (secondary N) is 1. The summed E-state index contributed by atoms with van der Waals surface area (Å²) in [6, 6.07) is 10.4. The lowest BCUT2D eigenvalue weighted by Gasteiger charge is -2.05. The average Bonchev–Trinajstić information content (AvgIpc) is 2.89. The molecule has 0 aliphatic rings. The van der Waals surface area contributed by atoms with Gasteiger partial charge >= 0.3 is 0 Å². The first-order chi connectivity index (χ1) is 8.93. The molecule has 2 aromatic heterocycles. The van der Waals surface area contributed by atoms with Crippen LogP contribution in [-0.4, -0.2) is 26.1 Å². The molecule has 0 spiro atoms. The van der Waals surface area contributed by atoms with Crippen LogP contribution in [0.4, 0.5) is 5.82 Å². The third-order valence-corrected chi connectivity index (χ3v) is 2.76.